The Balaban J connectivity index is 2.32. The minimum Gasteiger partial charge on any atom is -0.455 e. The Labute approximate surface area is 108 Å². The van der Waals surface area contributed by atoms with Gasteiger partial charge in [0.15, 0.2) is 5.69 Å². The van der Waals surface area contributed by atoms with Gasteiger partial charge in [-0.25, -0.2) is 4.79 Å². The lowest BCUT2D eigenvalue weighted by atomic mass is 10.1. The fourth-order valence-electron chi connectivity index (χ4n) is 1.50. The highest BCUT2D eigenvalue weighted by molar-refractivity contribution is 7.29. The number of carbonyl (C=O) groups excluding carboxylic acids is 1. The zero-order valence-electron chi connectivity index (χ0n) is 10.6. The molecule has 0 fully saturated rings. The number of rotatable bonds is 2. The summed E-state index contributed by atoms with van der Waals surface area (Å²) < 4.78 is 5.34. The third kappa shape index (κ3) is 2.96. The Bertz CT molecular complexity index is 544. The van der Waals surface area contributed by atoms with Crippen molar-refractivity contribution in [1.29, 1.82) is 0 Å². The lowest BCUT2D eigenvalue weighted by molar-refractivity contribution is 0.00638. The zero-order chi connectivity index (χ0) is 13.2. The number of hydrogen-bond acceptors (Lipinski definition) is 3. The molecule has 1 N–H and O–H groups in total. The van der Waals surface area contributed by atoms with Crippen molar-refractivity contribution in [2.24, 2.45) is 0 Å². The predicted molar refractivity (Wildman–Crippen MR) is 71.7 cm³/mol. The molecule has 0 radical (unpaired) electrons. The van der Waals surface area contributed by atoms with Crippen molar-refractivity contribution in [1.82, 2.24) is 9.96 Å². The molecule has 2 rings (SSSR count). The Morgan fingerprint density at radius 1 is 1.28 bits per heavy atom. The van der Waals surface area contributed by atoms with E-state index in [0.29, 0.717) is 5.69 Å². The van der Waals surface area contributed by atoms with Gasteiger partial charge >= 0.3 is 5.97 Å². The Morgan fingerprint density at radius 3 is 2.56 bits per heavy atom. The summed E-state index contributed by atoms with van der Waals surface area (Å²) in [5, 5.41) is 4.87. The van der Waals surface area contributed by atoms with Crippen LogP contribution in [0.1, 0.15) is 31.3 Å². The molecule has 94 valence electrons. The molecule has 0 saturated heterocycles. The second kappa shape index (κ2) is 4.91. The number of aromatic amines is 1. The van der Waals surface area contributed by atoms with Gasteiger partial charge in [-0.15, -0.1) is 0 Å². The first-order valence-electron chi connectivity index (χ1n) is 5.67. The van der Waals surface area contributed by atoms with E-state index in [4.69, 9.17) is 4.74 Å². The van der Waals surface area contributed by atoms with Crippen LogP contribution in [0.3, 0.4) is 0 Å². The minimum atomic E-state index is -0.513. The summed E-state index contributed by atoms with van der Waals surface area (Å²) in [6.07, 6.45) is 0. The standard InChI is InChI=1S/C13H15N2O2P/c1-13(2,3)17-12(16)10-11(18-15-14-10)9-7-5-4-6-8-9/h4-8H,1-3H3,(H,14,15). The average molecular weight is 262 g/mol. The van der Waals surface area contributed by atoms with Crippen LogP contribution < -0.4 is 0 Å². The Kier molecular flexibility index (Phi) is 3.48. The summed E-state index contributed by atoms with van der Waals surface area (Å²) in [7, 11) is 0.809. The van der Waals surface area contributed by atoms with Crippen LogP contribution in [0.5, 0.6) is 0 Å². The molecule has 1 heterocycles. The predicted octanol–water partition coefficient (Wildman–Crippen LogP) is 3.61. The molecule has 0 unspecified atom stereocenters. The maximum Gasteiger partial charge on any atom is 0.360 e. The second-order valence-corrected chi connectivity index (χ2v) is 5.76. The quantitative estimate of drug-likeness (QED) is 0.841. The minimum absolute atomic E-state index is 0.359. The molecule has 2 aromatic rings. The monoisotopic (exact) mass is 262 g/mol. The van der Waals surface area contributed by atoms with Gasteiger partial charge in [-0.05, 0) is 26.3 Å². The molecule has 1 aromatic carbocycles. The smallest absolute Gasteiger partial charge is 0.360 e. The molecular weight excluding hydrogens is 247 g/mol. The van der Waals surface area contributed by atoms with E-state index >= 15 is 0 Å². The van der Waals surface area contributed by atoms with E-state index in [9.17, 15) is 4.79 Å². The van der Waals surface area contributed by atoms with Crippen molar-refractivity contribution in [2.75, 3.05) is 0 Å². The van der Waals surface area contributed by atoms with Crippen LogP contribution in [0.25, 0.3) is 10.9 Å². The van der Waals surface area contributed by atoms with Gasteiger partial charge in [-0.1, -0.05) is 30.3 Å². The molecule has 0 aliphatic rings. The number of nitrogens with one attached hydrogen (secondary N) is 1. The van der Waals surface area contributed by atoms with Crippen molar-refractivity contribution in [3.05, 3.63) is 36.0 Å². The van der Waals surface area contributed by atoms with Gasteiger partial charge in [0.2, 0.25) is 0 Å². The summed E-state index contributed by atoms with van der Waals surface area (Å²) in [5.41, 5.74) is 0.826. The van der Waals surface area contributed by atoms with Crippen molar-refractivity contribution in [3.8, 4) is 10.9 Å². The highest BCUT2D eigenvalue weighted by atomic mass is 31.0. The number of esters is 1. The summed E-state index contributed by atoms with van der Waals surface area (Å²) in [4.78, 5) is 14.8. The lowest BCUT2D eigenvalue weighted by Crippen LogP contribution is -2.24. The average Bonchev–Trinajstić information content (AvgIpc) is 2.76. The van der Waals surface area contributed by atoms with E-state index in [-0.39, 0.29) is 5.97 Å². The summed E-state index contributed by atoms with van der Waals surface area (Å²) >= 11 is 0. The fourth-order valence-corrected chi connectivity index (χ4v) is 2.27. The fraction of sp³-hybridized carbons (Fsp3) is 0.308. The van der Waals surface area contributed by atoms with Crippen molar-refractivity contribution < 1.29 is 9.53 Å². The Hall–Kier alpha value is -1.67. The molecule has 18 heavy (non-hydrogen) atoms. The molecule has 4 nitrogen and oxygen atoms in total. The van der Waals surface area contributed by atoms with Gasteiger partial charge in [-0.3, -0.25) is 4.86 Å². The molecule has 5 heteroatoms. The van der Waals surface area contributed by atoms with Crippen LogP contribution >= 0.6 is 8.35 Å². The van der Waals surface area contributed by atoms with Crippen molar-refractivity contribution >= 4 is 14.3 Å². The zero-order valence-corrected chi connectivity index (χ0v) is 11.5. The molecule has 0 spiro atoms. The van der Waals surface area contributed by atoms with Crippen molar-refractivity contribution in [2.45, 2.75) is 26.4 Å². The van der Waals surface area contributed by atoms with E-state index in [1.165, 1.54) is 0 Å². The normalized spacial score (nSPS) is 11.7. The maximum absolute atomic E-state index is 12.0. The summed E-state index contributed by atoms with van der Waals surface area (Å²) in [5.74, 6) is -0.390. The van der Waals surface area contributed by atoms with E-state index < -0.39 is 5.60 Å². The summed E-state index contributed by atoms with van der Waals surface area (Å²) in [6.45, 7) is 5.52. The topological polar surface area (TPSA) is 55.0 Å². The van der Waals surface area contributed by atoms with E-state index in [1.54, 1.807) is 0 Å². The number of hydrogen-bond donors (Lipinski definition) is 1. The summed E-state index contributed by atoms with van der Waals surface area (Å²) in [6, 6.07) is 9.71. The molecule has 0 atom stereocenters. The molecule has 0 aliphatic heterocycles. The third-order valence-corrected chi connectivity index (χ3v) is 3.08. The number of nitrogens with zero attached hydrogens (tertiary/aromatic N) is 1. The van der Waals surface area contributed by atoms with Crippen LogP contribution in [-0.4, -0.2) is 21.5 Å². The van der Waals surface area contributed by atoms with Crippen molar-refractivity contribution in [3.63, 3.8) is 0 Å². The highest BCUT2D eigenvalue weighted by Gasteiger charge is 2.23. The van der Waals surface area contributed by atoms with Crippen LogP contribution in [0.15, 0.2) is 30.3 Å². The molecule has 1 aromatic heterocycles. The van der Waals surface area contributed by atoms with Crippen LogP contribution in [0, 0.1) is 0 Å². The van der Waals surface area contributed by atoms with Crippen LogP contribution in [-0.2, 0) is 4.74 Å². The number of H-pyrrole nitrogens is 1. The largest absolute Gasteiger partial charge is 0.455 e. The number of benzene rings is 1. The Morgan fingerprint density at radius 2 is 1.94 bits per heavy atom. The van der Waals surface area contributed by atoms with E-state index in [1.807, 2.05) is 51.1 Å². The molecule has 0 saturated carbocycles. The first-order chi connectivity index (χ1) is 8.47. The number of carbonyl (C=O) groups is 1. The maximum atomic E-state index is 12.0. The molecule has 0 bridgehead atoms. The SMILES string of the molecule is CC(C)(C)OC(=O)c1n[nH]pc1-c1ccccc1. The third-order valence-electron chi connectivity index (χ3n) is 2.19. The second-order valence-electron chi connectivity index (χ2n) is 4.89. The molecule has 0 amide bonds. The lowest BCUT2D eigenvalue weighted by Gasteiger charge is -2.18. The van der Waals surface area contributed by atoms with Gasteiger partial charge in [0.05, 0.1) is 5.30 Å². The van der Waals surface area contributed by atoms with Gasteiger partial charge in [0.25, 0.3) is 0 Å². The van der Waals surface area contributed by atoms with E-state index in [2.05, 4.69) is 9.96 Å². The van der Waals surface area contributed by atoms with Gasteiger partial charge in [0, 0.05) is 8.35 Å². The van der Waals surface area contributed by atoms with Crippen LogP contribution in [0.2, 0.25) is 0 Å². The van der Waals surface area contributed by atoms with Gasteiger partial charge < -0.3 is 4.74 Å². The first-order valence-corrected chi connectivity index (χ1v) is 6.56. The van der Waals surface area contributed by atoms with Crippen LogP contribution in [0.4, 0.5) is 0 Å². The number of aromatic nitrogens is 2. The van der Waals surface area contributed by atoms with Gasteiger partial charge in [0.1, 0.15) is 5.60 Å². The molecule has 0 aliphatic carbocycles. The highest BCUT2D eigenvalue weighted by Crippen LogP contribution is 2.30. The number of ether oxygens (including phenoxy) is 1. The molecular formula is C13H15N2O2P. The van der Waals surface area contributed by atoms with E-state index in [0.717, 1.165) is 19.2 Å². The van der Waals surface area contributed by atoms with Gasteiger partial charge in [-0.2, -0.15) is 5.10 Å². The first kappa shape index (κ1) is 12.8.